The van der Waals surface area contributed by atoms with Crippen LogP contribution in [0, 0.1) is 0 Å². The number of benzene rings is 5. The van der Waals surface area contributed by atoms with Gasteiger partial charge in [-0.3, -0.25) is 9.55 Å². The van der Waals surface area contributed by atoms with E-state index in [4.69, 9.17) is 15.0 Å². The third kappa shape index (κ3) is 4.20. The van der Waals surface area contributed by atoms with E-state index in [1.165, 1.54) is 16.8 Å². The minimum Gasteiger partial charge on any atom is -0.310 e. The van der Waals surface area contributed by atoms with Crippen LogP contribution in [-0.2, 0) is 5.41 Å². The molecule has 0 aliphatic carbocycles. The Labute approximate surface area is 273 Å². The molecule has 0 bridgehead atoms. The second-order valence-electron chi connectivity index (χ2n) is 12.5. The lowest BCUT2D eigenvalue weighted by Gasteiger charge is -2.42. The fourth-order valence-electron chi connectivity index (χ4n) is 7.28. The molecule has 47 heavy (non-hydrogen) atoms. The van der Waals surface area contributed by atoms with E-state index in [-0.39, 0.29) is 5.41 Å². The van der Waals surface area contributed by atoms with E-state index in [0.717, 1.165) is 55.8 Å². The Morgan fingerprint density at radius 3 is 1.87 bits per heavy atom. The molecule has 0 unspecified atom stereocenters. The van der Waals surface area contributed by atoms with Crippen molar-refractivity contribution >= 4 is 39.0 Å². The molecule has 5 aromatic carbocycles. The first-order valence-electron chi connectivity index (χ1n) is 16.0. The normalized spacial score (nSPS) is 13.4. The maximum absolute atomic E-state index is 5.30. The highest BCUT2D eigenvalue weighted by Gasteiger charge is 2.40. The molecule has 1 aliphatic heterocycles. The van der Waals surface area contributed by atoms with E-state index in [1.54, 1.807) is 0 Å². The van der Waals surface area contributed by atoms with E-state index >= 15 is 0 Å². The quantitative estimate of drug-likeness (QED) is 0.200. The lowest BCUT2D eigenvalue weighted by molar-refractivity contribution is 0.635. The van der Waals surface area contributed by atoms with Crippen molar-refractivity contribution in [3.8, 4) is 28.5 Å². The van der Waals surface area contributed by atoms with Crippen LogP contribution in [0.25, 0.3) is 50.4 Å². The van der Waals surface area contributed by atoms with Gasteiger partial charge in [0.2, 0.25) is 5.95 Å². The largest absolute Gasteiger partial charge is 0.310 e. The van der Waals surface area contributed by atoms with Gasteiger partial charge in [-0.25, -0.2) is 9.97 Å². The van der Waals surface area contributed by atoms with Crippen molar-refractivity contribution < 1.29 is 0 Å². The molecule has 5 heteroatoms. The molecule has 8 aromatic rings. The molecule has 0 radical (unpaired) electrons. The van der Waals surface area contributed by atoms with Gasteiger partial charge in [0.1, 0.15) is 0 Å². The number of fused-ring (bicyclic) bond motifs is 6. The second kappa shape index (κ2) is 10.5. The van der Waals surface area contributed by atoms with Crippen molar-refractivity contribution in [1.82, 2.24) is 19.5 Å². The van der Waals surface area contributed by atoms with Gasteiger partial charge in [-0.05, 0) is 54.1 Å². The van der Waals surface area contributed by atoms with E-state index in [2.05, 4.69) is 151 Å². The zero-order valence-electron chi connectivity index (χ0n) is 26.2. The molecule has 0 atom stereocenters. The van der Waals surface area contributed by atoms with Crippen LogP contribution < -0.4 is 4.90 Å². The first-order chi connectivity index (χ1) is 23.1. The fraction of sp³-hybridized carbons (Fsp3) is 0.0714. The Bertz CT molecular complexity index is 2370. The van der Waals surface area contributed by atoms with Crippen LogP contribution in [0.4, 0.5) is 17.1 Å². The van der Waals surface area contributed by atoms with Crippen molar-refractivity contribution in [2.45, 2.75) is 19.3 Å². The predicted molar refractivity (Wildman–Crippen MR) is 192 cm³/mol. The summed E-state index contributed by atoms with van der Waals surface area (Å²) in [5, 5.41) is 1.08. The third-order valence-electron chi connectivity index (χ3n) is 9.41. The number of nitrogens with zero attached hydrogens (tertiary/aromatic N) is 5. The lowest BCUT2D eigenvalue weighted by atomic mass is 9.72. The zero-order chi connectivity index (χ0) is 31.5. The summed E-state index contributed by atoms with van der Waals surface area (Å²) in [6.07, 6.45) is 1.87. The van der Waals surface area contributed by atoms with Crippen LogP contribution in [0.1, 0.15) is 25.0 Å². The second-order valence-corrected chi connectivity index (χ2v) is 12.5. The van der Waals surface area contributed by atoms with Crippen LogP contribution in [0.5, 0.6) is 0 Å². The Morgan fingerprint density at radius 1 is 0.574 bits per heavy atom. The minimum absolute atomic E-state index is 0.345. The smallest absolute Gasteiger partial charge is 0.235 e. The highest BCUT2D eigenvalue weighted by molar-refractivity contribution is 6.11. The van der Waals surface area contributed by atoms with Crippen molar-refractivity contribution in [2.24, 2.45) is 0 Å². The highest BCUT2D eigenvalue weighted by atomic mass is 15.2. The average Bonchev–Trinajstić information content (AvgIpc) is 3.47. The van der Waals surface area contributed by atoms with Gasteiger partial charge >= 0.3 is 0 Å². The van der Waals surface area contributed by atoms with E-state index in [9.17, 15) is 0 Å². The van der Waals surface area contributed by atoms with Gasteiger partial charge in [0.05, 0.1) is 39.3 Å². The van der Waals surface area contributed by atoms with Crippen molar-refractivity contribution in [3.63, 3.8) is 0 Å². The van der Waals surface area contributed by atoms with Crippen LogP contribution in [0.2, 0.25) is 0 Å². The maximum Gasteiger partial charge on any atom is 0.235 e. The van der Waals surface area contributed by atoms with E-state index in [0.29, 0.717) is 5.95 Å². The van der Waals surface area contributed by atoms with E-state index < -0.39 is 0 Å². The summed E-state index contributed by atoms with van der Waals surface area (Å²) in [7, 11) is 0. The summed E-state index contributed by atoms with van der Waals surface area (Å²) < 4.78 is 2.24. The molecule has 5 nitrogen and oxygen atoms in total. The number of hydrogen-bond acceptors (Lipinski definition) is 4. The summed E-state index contributed by atoms with van der Waals surface area (Å²) in [5.41, 5.74) is 12.4. The van der Waals surface area contributed by atoms with Gasteiger partial charge in [-0.2, -0.15) is 0 Å². The van der Waals surface area contributed by atoms with Gasteiger partial charge in [-0.15, -0.1) is 0 Å². The topological polar surface area (TPSA) is 46.8 Å². The molecular weight excluding hydrogens is 574 g/mol. The molecule has 0 saturated carbocycles. The Morgan fingerprint density at radius 2 is 1.19 bits per heavy atom. The van der Waals surface area contributed by atoms with Gasteiger partial charge < -0.3 is 4.90 Å². The van der Waals surface area contributed by atoms with Crippen LogP contribution >= 0.6 is 0 Å². The van der Waals surface area contributed by atoms with Gasteiger partial charge in [0.25, 0.3) is 0 Å². The van der Waals surface area contributed by atoms with Crippen LogP contribution in [0.15, 0.2) is 152 Å². The van der Waals surface area contributed by atoms with Crippen molar-refractivity contribution in [2.75, 3.05) is 4.90 Å². The van der Waals surface area contributed by atoms with Crippen LogP contribution in [-0.4, -0.2) is 19.5 Å². The number of aromatic nitrogens is 4. The SMILES string of the molecule is CC1(C)c2ccccc2N(c2ccccc2)c2ccc3c4ncccc4n(-c4nc(-c5ccccc5)cc(-c5ccccc5)n4)c3c21. The number of para-hydroxylation sites is 2. The third-order valence-corrected chi connectivity index (χ3v) is 9.41. The summed E-state index contributed by atoms with van der Waals surface area (Å²) in [6, 6.07) is 50.8. The molecule has 9 rings (SSSR count). The lowest BCUT2D eigenvalue weighted by Crippen LogP contribution is -2.31. The van der Waals surface area contributed by atoms with Crippen LogP contribution in [0.3, 0.4) is 0 Å². The first kappa shape index (κ1) is 27.3. The number of anilines is 3. The molecule has 224 valence electrons. The molecular formula is C42H31N5. The van der Waals surface area contributed by atoms with Gasteiger partial charge in [-0.1, -0.05) is 111 Å². The minimum atomic E-state index is -0.345. The Balaban J connectivity index is 1.42. The molecule has 0 saturated heterocycles. The first-order valence-corrected chi connectivity index (χ1v) is 16.0. The standard InChI is InChI=1S/C42H31N5/c1-42(2)32-21-12-13-22-35(32)46(30-19-10-5-11-20-30)36-25-24-31-39-37(23-14-26-43-39)47(40(31)38(36)42)41-44-33(28-15-6-3-7-16-28)27-34(45-41)29-17-8-4-9-18-29/h3-27H,1-2H3. The molecule has 0 fully saturated rings. The van der Waals surface area contributed by atoms with Gasteiger partial charge in [0.15, 0.2) is 0 Å². The number of hydrogen-bond donors (Lipinski definition) is 0. The summed E-state index contributed by atoms with van der Waals surface area (Å²) in [4.78, 5) is 17.9. The monoisotopic (exact) mass is 605 g/mol. The summed E-state index contributed by atoms with van der Waals surface area (Å²) >= 11 is 0. The number of rotatable bonds is 4. The highest BCUT2D eigenvalue weighted by Crippen LogP contribution is 2.54. The average molecular weight is 606 g/mol. The Hall–Kier alpha value is -6.07. The van der Waals surface area contributed by atoms with Crippen molar-refractivity contribution in [1.29, 1.82) is 0 Å². The maximum atomic E-state index is 5.30. The number of pyridine rings is 1. The van der Waals surface area contributed by atoms with Crippen molar-refractivity contribution in [3.05, 3.63) is 163 Å². The van der Waals surface area contributed by atoms with E-state index in [1.807, 2.05) is 24.4 Å². The Kier molecular flexibility index (Phi) is 6.09. The molecule has 0 spiro atoms. The molecule has 4 heterocycles. The molecule has 0 N–H and O–H groups in total. The fourth-order valence-corrected chi connectivity index (χ4v) is 7.28. The van der Waals surface area contributed by atoms with Gasteiger partial charge in [0, 0.05) is 39.4 Å². The zero-order valence-corrected chi connectivity index (χ0v) is 26.2. The molecule has 3 aromatic heterocycles. The predicted octanol–water partition coefficient (Wildman–Crippen LogP) is 10.4. The summed E-state index contributed by atoms with van der Waals surface area (Å²) in [6.45, 7) is 4.66. The summed E-state index contributed by atoms with van der Waals surface area (Å²) in [5.74, 6) is 0.618. The molecule has 0 amide bonds. The molecule has 1 aliphatic rings.